The monoisotopic (exact) mass is 378 g/mol. The third kappa shape index (κ3) is 4.29. The van der Waals surface area contributed by atoms with Gasteiger partial charge in [-0.3, -0.25) is 0 Å². The fourth-order valence-corrected chi connectivity index (χ4v) is 4.59. The molecule has 0 radical (unpaired) electrons. The van der Waals surface area contributed by atoms with Crippen LogP contribution in [-0.4, -0.2) is 39.0 Å². The van der Waals surface area contributed by atoms with E-state index in [-0.39, 0.29) is 11.9 Å². The van der Waals surface area contributed by atoms with Crippen LogP contribution >= 0.6 is 0 Å². The number of sulfonamides is 1. The maximum atomic E-state index is 13.1. The Hall–Kier alpha value is -1.80. The summed E-state index contributed by atoms with van der Waals surface area (Å²) < 4.78 is 45.7. The number of hydrogen-bond donors (Lipinski definition) is 1. The molecular weight excluding hydrogens is 355 g/mol. The van der Waals surface area contributed by atoms with E-state index in [1.807, 2.05) is 19.1 Å². The molecule has 0 unspecified atom stereocenters. The summed E-state index contributed by atoms with van der Waals surface area (Å²) in [5.41, 5.74) is 1.66. The zero-order chi connectivity index (χ0) is 18.6. The number of nitrogens with one attached hydrogen (secondary N) is 1. The minimum atomic E-state index is -3.55. The summed E-state index contributed by atoms with van der Waals surface area (Å²) in [5, 5.41) is 3.32. The molecule has 1 heterocycles. The van der Waals surface area contributed by atoms with Gasteiger partial charge in [-0.25, -0.2) is 12.8 Å². The normalized spacial score (nSPS) is 17.2. The van der Waals surface area contributed by atoms with Gasteiger partial charge >= 0.3 is 0 Å². The summed E-state index contributed by atoms with van der Waals surface area (Å²) in [6, 6.07) is 13.3. The molecule has 0 amide bonds. The van der Waals surface area contributed by atoms with Crippen LogP contribution in [0.5, 0.6) is 0 Å². The Kier molecular flexibility index (Phi) is 6.03. The molecule has 0 aromatic heterocycles. The molecule has 5 nitrogen and oxygen atoms in total. The molecule has 2 aromatic carbocycles. The first kappa shape index (κ1) is 19.0. The highest BCUT2D eigenvalue weighted by atomic mass is 32.2. The van der Waals surface area contributed by atoms with Gasteiger partial charge in [0, 0.05) is 25.7 Å². The fourth-order valence-electron chi connectivity index (χ4n) is 2.96. The molecule has 1 aliphatic rings. The van der Waals surface area contributed by atoms with Crippen molar-refractivity contribution in [3.63, 3.8) is 0 Å². The highest BCUT2D eigenvalue weighted by Gasteiger charge is 2.28. The van der Waals surface area contributed by atoms with Crippen molar-refractivity contribution in [1.82, 2.24) is 9.62 Å². The molecule has 26 heavy (non-hydrogen) atoms. The molecule has 3 rings (SSSR count). The van der Waals surface area contributed by atoms with E-state index in [9.17, 15) is 12.8 Å². The van der Waals surface area contributed by atoms with E-state index < -0.39 is 10.0 Å². The third-order valence-electron chi connectivity index (χ3n) is 4.53. The van der Waals surface area contributed by atoms with Gasteiger partial charge in [-0.15, -0.1) is 0 Å². The maximum Gasteiger partial charge on any atom is 0.243 e. The van der Waals surface area contributed by atoms with Gasteiger partial charge in [0.05, 0.1) is 18.1 Å². The van der Waals surface area contributed by atoms with Crippen LogP contribution < -0.4 is 5.32 Å². The van der Waals surface area contributed by atoms with E-state index in [0.717, 1.165) is 5.56 Å². The zero-order valence-corrected chi connectivity index (χ0v) is 15.5. The van der Waals surface area contributed by atoms with Crippen LogP contribution in [0.4, 0.5) is 4.39 Å². The lowest BCUT2D eigenvalue weighted by Crippen LogP contribution is -2.41. The smallest absolute Gasteiger partial charge is 0.243 e. The topological polar surface area (TPSA) is 58.6 Å². The van der Waals surface area contributed by atoms with Gasteiger partial charge in [-0.05, 0) is 36.2 Å². The van der Waals surface area contributed by atoms with E-state index in [4.69, 9.17) is 4.74 Å². The van der Waals surface area contributed by atoms with Gasteiger partial charge < -0.3 is 10.1 Å². The lowest BCUT2D eigenvalue weighted by molar-refractivity contribution is 0.0730. The van der Waals surface area contributed by atoms with Crippen molar-refractivity contribution in [1.29, 1.82) is 0 Å². The van der Waals surface area contributed by atoms with Crippen molar-refractivity contribution in [3.8, 4) is 0 Å². The SMILES string of the molecule is C[C@@H](NCc1ccccc1S(=O)(=O)N1CCOCC1)c1ccc(F)cc1. The number of rotatable bonds is 6. The lowest BCUT2D eigenvalue weighted by Gasteiger charge is -2.27. The largest absolute Gasteiger partial charge is 0.379 e. The van der Waals surface area contributed by atoms with Crippen molar-refractivity contribution in [2.24, 2.45) is 0 Å². The molecule has 0 saturated carbocycles. The third-order valence-corrected chi connectivity index (χ3v) is 6.53. The highest BCUT2D eigenvalue weighted by molar-refractivity contribution is 7.89. The number of nitrogens with zero attached hydrogens (tertiary/aromatic N) is 1. The molecule has 0 spiro atoms. The predicted octanol–water partition coefficient (Wildman–Crippen LogP) is 2.70. The average Bonchev–Trinajstić information content (AvgIpc) is 2.67. The van der Waals surface area contributed by atoms with Crippen molar-refractivity contribution in [2.45, 2.75) is 24.4 Å². The standard InChI is InChI=1S/C19H23FN2O3S/c1-15(16-6-8-18(20)9-7-16)21-14-17-4-2-3-5-19(17)26(23,24)22-10-12-25-13-11-22/h2-9,15,21H,10-14H2,1H3/t15-/m1/s1. The molecule has 7 heteroatoms. The van der Waals surface area contributed by atoms with E-state index in [0.29, 0.717) is 43.3 Å². The first-order chi connectivity index (χ1) is 12.5. The molecule has 1 saturated heterocycles. The van der Waals surface area contributed by atoms with Crippen molar-refractivity contribution >= 4 is 10.0 Å². The summed E-state index contributed by atoms with van der Waals surface area (Å²) in [6.07, 6.45) is 0. The molecular formula is C19H23FN2O3S. The Morgan fingerprint density at radius 1 is 1.12 bits per heavy atom. The van der Waals surface area contributed by atoms with E-state index in [1.165, 1.54) is 16.4 Å². The second-order valence-electron chi connectivity index (χ2n) is 6.28. The summed E-state index contributed by atoms with van der Waals surface area (Å²) >= 11 is 0. The minimum Gasteiger partial charge on any atom is -0.379 e. The molecule has 1 aliphatic heterocycles. The van der Waals surface area contributed by atoms with E-state index >= 15 is 0 Å². The van der Waals surface area contributed by atoms with Crippen molar-refractivity contribution in [3.05, 3.63) is 65.5 Å². The second kappa shape index (κ2) is 8.26. The molecule has 0 aliphatic carbocycles. The second-order valence-corrected chi connectivity index (χ2v) is 8.18. The van der Waals surface area contributed by atoms with Crippen molar-refractivity contribution in [2.75, 3.05) is 26.3 Å². The lowest BCUT2D eigenvalue weighted by atomic mass is 10.1. The van der Waals surface area contributed by atoms with Gasteiger partial charge in [-0.2, -0.15) is 4.31 Å². The Morgan fingerprint density at radius 3 is 2.46 bits per heavy atom. The van der Waals surface area contributed by atoms with Crippen LogP contribution in [0.3, 0.4) is 0 Å². The number of halogens is 1. The summed E-state index contributed by atoms with van der Waals surface area (Å²) in [6.45, 7) is 3.94. The molecule has 1 fully saturated rings. The van der Waals surface area contributed by atoms with Gasteiger partial charge in [0.1, 0.15) is 5.82 Å². The Balaban J connectivity index is 1.75. The molecule has 1 N–H and O–H groups in total. The molecule has 2 aromatic rings. The summed E-state index contributed by atoms with van der Waals surface area (Å²) in [5.74, 6) is -0.275. The van der Waals surface area contributed by atoms with Crippen LogP contribution in [0.2, 0.25) is 0 Å². The number of morpholine rings is 1. The molecule has 0 bridgehead atoms. The van der Waals surface area contributed by atoms with Crippen LogP contribution in [0.15, 0.2) is 53.4 Å². The fraction of sp³-hybridized carbons (Fsp3) is 0.368. The van der Waals surface area contributed by atoms with Crippen LogP contribution in [0.25, 0.3) is 0 Å². The Morgan fingerprint density at radius 2 is 1.77 bits per heavy atom. The average molecular weight is 378 g/mol. The van der Waals surface area contributed by atoms with Crippen LogP contribution in [0.1, 0.15) is 24.1 Å². The number of ether oxygens (including phenoxy) is 1. The molecule has 1 atom stereocenters. The highest BCUT2D eigenvalue weighted by Crippen LogP contribution is 2.22. The van der Waals surface area contributed by atoms with E-state index in [1.54, 1.807) is 24.3 Å². The number of hydrogen-bond acceptors (Lipinski definition) is 4. The first-order valence-electron chi connectivity index (χ1n) is 8.63. The van der Waals surface area contributed by atoms with Crippen LogP contribution in [-0.2, 0) is 21.3 Å². The van der Waals surface area contributed by atoms with E-state index in [2.05, 4.69) is 5.32 Å². The Labute approximate surface area is 153 Å². The first-order valence-corrected chi connectivity index (χ1v) is 10.1. The predicted molar refractivity (Wildman–Crippen MR) is 97.7 cm³/mol. The summed E-state index contributed by atoms with van der Waals surface area (Å²) in [4.78, 5) is 0.320. The Bertz CT molecular complexity index is 834. The number of benzene rings is 2. The maximum absolute atomic E-state index is 13.1. The molecule has 140 valence electrons. The minimum absolute atomic E-state index is 0.0326. The van der Waals surface area contributed by atoms with Gasteiger partial charge in [0.2, 0.25) is 10.0 Å². The van der Waals surface area contributed by atoms with Gasteiger partial charge in [-0.1, -0.05) is 30.3 Å². The zero-order valence-electron chi connectivity index (χ0n) is 14.7. The van der Waals surface area contributed by atoms with Crippen LogP contribution in [0, 0.1) is 5.82 Å². The van der Waals surface area contributed by atoms with Crippen molar-refractivity contribution < 1.29 is 17.5 Å². The van der Waals surface area contributed by atoms with Gasteiger partial charge in [0.15, 0.2) is 0 Å². The quantitative estimate of drug-likeness (QED) is 0.840. The summed E-state index contributed by atoms with van der Waals surface area (Å²) in [7, 11) is -3.55. The van der Waals surface area contributed by atoms with Gasteiger partial charge in [0.25, 0.3) is 0 Å².